The van der Waals surface area contributed by atoms with Gasteiger partial charge in [0.2, 0.25) is 0 Å². The molecular weight excluding hydrogens is 727 g/mol. The van der Waals surface area contributed by atoms with Crippen molar-refractivity contribution < 1.29 is 20.9 Å². The van der Waals surface area contributed by atoms with Gasteiger partial charge in [0.05, 0.1) is 27.5 Å². The topological polar surface area (TPSA) is 16.4 Å². The fourth-order valence-electron chi connectivity index (χ4n) is 8.48. The van der Waals surface area contributed by atoms with Crippen molar-refractivity contribution in [1.29, 1.82) is 0 Å². The van der Waals surface area contributed by atoms with E-state index >= 15 is 0 Å². The number of rotatable bonds is 6. The van der Waals surface area contributed by atoms with Crippen LogP contribution in [-0.2, 0) is 0 Å². The van der Waals surface area contributed by atoms with Gasteiger partial charge >= 0.3 is 0 Å². The van der Waals surface area contributed by atoms with Gasteiger partial charge in [0, 0.05) is 16.8 Å². The number of anilines is 3. The van der Waals surface area contributed by atoms with Crippen molar-refractivity contribution in [2.24, 2.45) is 0 Å². The zero-order chi connectivity index (χ0) is 50.0. The Bertz CT molecular complexity index is 4250. The van der Waals surface area contributed by atoms with Gasteiger partial charge in [-0.05, 0) is 119 Å². The third-order valence-electron chi connectivity index (χ3n) is 11.3. The van der Waals surface area contributed by atoms with Crippen LogP contribution < -0.4 is 4.90 Å². The number of furan rings is 1. The lowest BCUT2D eigenvalue weighted by Crippen LogP contribution is -2.10. The fraction of sp³-hybridized carbons (Fsp3) is 0. The third-order valence-corrected chi connectivity index (χ3v) is 11.3. The minimum Gasteiger partial charge on any atom is -0.456 e. The standard InChI is InChI=1S/C58H37NO/c1-3-12-46-40(10-1)30-36-52-48(15-7-17-50(46)52)42-24-22-38(23-25-42)39-26-32-44(33-27-39)59(55-19-9-21-57-58(55)54-14-5-6-20-56(54)60-57)45-34-28-43(29-35-45)49-16-8-18-51-47-13-4-2-11-41(47)31-37-53(49)51/h1-37H/i22D,23D,24D,25D,26D,27D,28D,29D,32D,33D,34D,35D. The molecule has 0 fully saturated rings. The molecule has 0 amide bonds. The van der Waals surface area contributed by atoms with Crippen molar-refractivity contribution in [2.75, 3.05) is 4.90 Å². The van der Waals surface area contributed by atoms with E-state index in [0.29, 0.717) is 43.8 Å². The van der Waals surface area contributed by atoms with Crippen molar-refractivity contribution in [1.82, 2.24) is 0 Å². The maximum Gasteiger partial charge on any atom is 0.137 e. The molecule has 12 rings (SSSR count). The molecule has 1 heterocycles. The number of hydrogen-bond donors (Lipinski definition) is 0. The average Bonchev–Trinajstić information content (AvgIpc) is 3.79. The molecule has 12 aromatic rings. The number of benzene rings is 11. The third kappa shape index (κ3) is 5.57. The van der Waals surface area contributed by atoms with Crippen LogP contribution in [0.3, 0.4) is 0 Å². The lowest BCUT2D eigenvalue weighted by molar-refractivity contribution is 0.669. The maximum absolute atomic E-state index is 9.77. The van der Waals surface area contributed by atoms with Crippen LogP contribution in [0.4, 0.5) is 17.1 Å². The number of hydrogen-bond acceptors (Lipinski definition) is 2. The zero-order valence-corrected chi connectivity index (χ0v) is 31.8. The van der Waals surface area contributed by atoms with E-state index in [1.807, 2.05) is 91.0 Å². The predicted molar refractivity (Wildman–Crippen MR) is 255 cm³/mol. The van der Waals surface area contributed by atoms with Crippen molar-refractivity contribution in [3.8, 4) is 33.4 Å². The first-order chi connectivity index (χ1) is 34.8. The van der Waals surface area contributed by atoms with Gasteiger partial charge in [-0.15, -0.1) is 0 Å². The van der Waals surface area contributed by atoms with E-state index in [2.05, 4.69) is 0 Å². The van der Waals surface area contributed by atoms with Gasteiger partial charge < -0.3 is 9.32 Å². The van der Waals surface area contributed by atoms with Crippen LogP contribution >= 0.6 is 0 Å². The fourth-order valence-corrected chi connectivity index (χ4v) is 8.48. The van der Waals surface area contributed by atoms with Gasteiger partial charge in [0.25, 0.3) is 0 Å². The van der Waals surface area contributed by atoms with Crippen LogP contribution in [0.25, 0.3) is 98.4 Å². The van der Waals surface area contributed by atoms with Gasteiger partial charge in [-0.2, -0.15) is 0 Å². The average molecular weight is 776 g/mol. The Balaban J connectivity index is 1.10. The highest BCUT2D eigenvalue weighted by Crippen LogP contribution is 2.44. The summed E-state index contributed by atoms with van der Waals surface area (Å²) >= 11 is 0. The van der Waals surface area contributed by atoms with E-state index in [1.165, 1.54) is 4.90 Å². The summed E-state index contributed by atoms with van der Waals surface area (Å²) in [5, 5.41) is 8.02. The molecule has 0 N–H and O–H groups in total. The van der Waals surface area contributed by atoms with Crippen LogP contribution in [0.5, 0.6) is 0 Å². The summed E-state index contributed by atoms with van der Waals surface area (Å²) in [5.41, 5.74) is 0.261. The maximum atomic E-state index is 9.77. The van der Waals surface area contributed by atoms with Gasteiger partial charge in [0.15, 0.2) is 0 Å². The quantitative estimate of drug-likeness (QED) is 0.156. The molecule has 60 heavy (non-hydrogen) atoms. The molecule has 280 valence electrons. The van der Waals surface area contributed by atoms with Gasteiger partial charge in [-0.1, -0.05) is 182 Å². The smallest absolute Gasteiger partial charge is 0.137 e. The van der Waals surface area contributed by atoms with Crippen LogP contribution in [0.15, 0.2) is 229 Å². The minimum absolute atomic E-state index is 0.0109. The Labute approximate surface area is 364 Å². The molecule has 2 heteroatoms. The highest BCUT2D eigenvalue weighted by atomic mass is 16.3. The molecule has 0 saturated heterocycles. The molecule has 0 bridgehead atoms. The molecule has 0 spiro atoms. The Hall–Kier alpha value is -7.94. The van der Waals surface area contributed by atoms with E-state index in [-0.39, 0.29) is 22.5 Å². The number of fused-ring (bicyclic) bond motifs is 9. The van der Waals surface area contributed by atoms with E-state index in [4.69, 9.17) is 4.42 Å². The summed E-state index contributed by atoms with van der Waals surface area (Å²) in [7, 11) is 0. The van der Waals surface area contributed by atoms with Crippen LogP contribution in [-0.4, -0.2) is 0 Å². The molecule has 0 atom stereocenters. The van der Waals surface area contributed by atoms with E-state index < -0.39 is 89.3 Å². The predicted octanol–water partition coefficient (Wildman–Crippen LogP) is 16.7. The second-order valence-electron chi connectivity index (χ2n) is 14.7. The van der Waals surface area contributed by atoms with Gasteiger partial charge in [0.1, 0.15) is 11.2 Å². The minimum atomic E-state index is -0.708. The highest BCUT2D eigenvalue weighted by molar-refractivity contribution is 6.15. The summed E-state index contributed by atoms with van der Waals surface area (Å²) in [6.07, 6.45) is 0. The molecule has 0 aliphatic heterocycles. The van der Waals surface area contributed by atoms with E-state index in [9.17, 15) is 16.4 Å². The van der Waals surface area contributed by atoms with Crippen molar-refractivity contribution in [3.05, 3.63) is 224 Å². The molecule has 2 nitrogen and oxygen atoms in total. The summed E-state index contributed by atoms with van der Waals surface area (Å²) in [6.45, 7) is 0. The Morgan fingerprint density at radius 1 is 0.317 bits per heavy atom. The van der Waals surface area contributed by atoms with E-state index in [0.717, 1.165) is 32.3 Å². The van der Waals surface area contributed by atoms with Crippen LogP contribution in [0.2, 0.25) is 0 Å². The first-order valence-corrected chi connectivity index (χ1v) is 19.6. The Morgan fingerprint density at radius 2 is 0.750 bits per heavy atom. The second-order valence-corrected chi connectivity index (χ2v) is 14.7. The second kappa shape index (κ2) is 13.9. The van der Waals surface area contributed by atoms with Crippen molar-refractivity contribution >= 4 is 82.1 Å². The summed E-state index contributed by atoms with van der Waals surface area (Å²) in [4.78, 5) is 1.22. The number of para-hydroxylation sites is 1. The lowest BCUT2D eigenvalue weighted by atomic mass is 9.93. The summed E-state index contributed by atoms with van der Waals surface area (Å²) < 4.78 is 121. The first-order valence-electron chi connectivity index (χ1n) is 25.6. The SMILES string of the molecule is [2H]c1c([2H])c(-c2cccc3c2ccc2ccccc23)c([2H])c([2H])c1-c1c([2H])c([2H])c(N(c2c([2H])c([2H])c(-c3cccc4c3ccc3ccccc34)c([2H])c2[2H])c2cccc3oc4ccccc4c23)c([2H])c1[2H]. The Morgan fingerprint density at radius 3 is 1.33 bits per heavy atom. The highest BCUT2D eigenvalue weighted by Gasteiger charge is 2.20. The molecule has 0 radical (unpaired) electrons. The van der Waals surface area contributed by atoms with Gasteiger partial charge in [-0.25, -0.2) is 0 Å². The van der Waals surface area contributed by atoms with Crippen molar-refractivity contribution in [3.63, 3.8) is 0 Å². The molecule has 0 unspecified atom stereocenters. The normalized spacial score (nSPS) is 14.5. The van der Waals surface area contributed by atoms with Crippen LogP contribution in [0, 0.1) is 0 Å². The largest absolute Gasteiger partial charge is 0.456 e. The zero-order valence-electron chi connectivity index (χ0n) is 43.8. The number of nitrogens with zero attached hydrogens (tertiary/aromatic N) is 1. The van der Waals surface area contributed by atoms with Gasteiger partial charge in [-0.3, -0.25) is 0 Å². The first kappa shape index (κ1) is 24.1. The molecule has 0 aliphatic carbocycles. The molecule has 0 saturated carbocycles. The monoisotopic (exact) mass is 775 g/mol. The van der Waals surface area contributed by atoms with Crippen molar-refractivity contribution in [2.45, 2.75) is 0 Å². The molecular formula is C58H37NO. The Kier molecular flexibility index (Phi) is 5.57. The summed E-state index contributed by atoms with van der Waals surface area (Å²) in [5.74, 6) is 0. The van der Waals surface area contributed by atoms with E-state index in [1.54, 1.807) is 60.7 Å². The molecule has 1 aromatic heterocycles. The lowest BCUT2D eigenvalue weighted by Gasteiger charge is -2.26. The van der Waals surface area contributed by atoms with Crippen LogP contribution in [0.1, 0.15) is 16.4 Å². The molecule has 0 aliphatic rings. The summed E-state index contributed by atoms with van der Waals surface area (Å²) in [6, 6.07) is 39.7. The molecule has 11 aromatic carbocycles.